The Morgan fingerprint density at radius 3 is 2.92 bits per heavy atom. The van der Waals surface area contributed by atoms with Crippen LogP contribution in [0.25, 0.3) is 6.08 Å². The van der Waals surface area contributed by atoms with Crippen molar-refractivity contribution < 1.29 is 0 Å². The van der Waals surface area contributed by atoms with E-state index in [2.05, 4.69) is 27.0 Å². The summed E-state index contributed by atoms with van der Waals surface area (Å²) in [6.07, 6.45) is 5.12. The van der Waals surface area contributed by atoms with Crippen LogP contribution in [0.1, 0.15) is 17.8 Å². The summed E-state index contributed by atoms with van der Waals surface area (Å²) in [6, 6.07) is 3.81. The molecule has 0 aliphatic rings. The third-order valence-corrected chi connectivity index (χ3v) is 2.17. The van der Waals surface area contributed by atoms with Crippen molar-refractivity contribution in [3.63, 3.8) is 0 Å². The second kappa shape index (κ2) is 5.02. The molecule has 70 valence electrons. The Kier molecular flexibility index (Phi) is 3.96. The highest BCUT2D eigenvalue weighted by molar-refractivity contribution is 9.09. The van der Waals surface area contributed by atoms with E-state index in [0.29, 0.717) is 0 Å². The Hall–Kier alpha value is -0.830. The lowest BCUT2D eigenvalue weighted by Crippen LogP contribution is -1.93. The number of alkyl halides is 1. The zero-order valence-electron chi connectivity index (χ0n) is 7.63. The fraction of sp³-hybridized carbons (Fsp3) is 0.300. The number of allylic oxidation sites excluding steroid dienone is 1. The Balaban J connectivity index is 2.73. The van der Waals surface area contributed by atoms with Crippen molar-refractivity contribution in [2.24, 2.45) is 0 Å². The summed E-state index contributed by atoms with van der Waals surface area (Å²) >= 11 is 3.36. The molecule has 13 heavy (non-hydrogen) atoms. The number of rotatable bonds is 3. The second-order valence-electron chi connectivity index (χ2n) is 2.79. The molecule has 1 rings (SSSR count). The largest absolute Gasteiger partial charge is 0.397 e. The van der Waals surface area contributed by atoms with Crippen molar-refractivity contribution in [2.75, 3.05) is 11.1 Å². The normalized spacial score (nSPS) is 10.9. The number of aryl methyl sites for hydroxylation is 1. The number of nitrogens with zero attached hydrogens (tertiary/aromatic N) is 1. The highest BCUT2D eigenvalue weighted by atomic mass is 79.9. The molecule has 0 aliphatic carbocycles. The van der Waals surface area contributed by atoms with Gasteiger partial charge in [0.1, 0.15) is 0 Å². The molecule has 2 N–H and O–H groups in total. The van der Waals surface area contributed by atoms with Crippen LogP contribution < -0.4 is 5.73 Å². The molecule has 0 aromatic carbocycles. The van der Waals surface area contributed by atoms with Crippen LogP contribution in [0.3, 0.4) is 0 Å². The Morgan fingerprint density at radius 1 is 1.54 bits per heavy atom. The molecule has 0 unspecified atom stereocenters. The van der Waals surface area contributed by atoms with Gasteiger partial charge < -0.3 is 5.73 Å². The maximum absolute atomic E-state index is 5.65. The summed E-state index contributed by atoms with van der Waals surface area (Å²) < 4.78 is 0. The summed E-state index contributed by atoms with van der Waals surface area (Å²) in [5, 5.41) is 0.984. The lowest BCUT2D eigenvalue weighted by atomic mass is 10.2. The van der Waals surface area contributed by atoms with Gasteiger partial charge in [0.15, 0.2) is 0 Å². The van der Waals surface area contributed by atoms with Gasteiger partial charge in [-0.15, -0.1) is 0 Å². The molecule has 0 radical (unpaired) electrons. The van der Waals surface area contributed by atoms with E-state index in [4.69, 9.17) is 5.73 Å². The molecule has 0 aliphatic heterocycles. The number of anilines is 1. The number of nitrogen functional groups attached to an aromatic ring is 1. The third-order valence-electron chi connectivity index (χ3n) is 1.71. The third kappa shape index (κ3) is 3.19. The lowest BCUT2D eigenvalue weighted by Gasteiger charge is -1.99. The molecular formula is C10H13BrN2. The van der Waals surface area contributed by atoms with E-state index in [1.807, 2.05) is 25.1 Å². The first-order chi connectivity index (χ1) is 6.24. The van der Waals surface area contributed by atoms with E-state index in [0.717, 1.165) is 28.8 Å². The molecule has 3 heteroatoms. The average molecular weight is 241 g/mol. The summed E-state index contributed by atoms with van der Waals surface area (Å²) in [5.41, 5.74) is 8.25. The van der Waals surface area contributed by atoms with Crippen molar-refractivity contribution >= 4 is 27.7 Å². The smallest absolute Gasteiger partial charge is 0.0631 e. The van der Waals surface area contributed by atoms with Crippen LogP contribution in [-0.2, 0) is 0 Å². The number of hydrogen-bond acceptors (Lipinski definition) is 2. The van der Waals surface area contributed by atoms with Gasteiger partial charge in [0, 0.05) is 5.33 Å². The quantitative estimate of drug-likeness (QED) is 0.826. The Bertz CT molecular complexity index is 308. The van der Waals surface area contributed by atoms with Gasteiger partial charge in [-0.25, -0.2) is 0 Å². The van der Waals surface area contributed by atoms with Crippen LogP contribution in [0, 0.1) is 6.92 Å². The molecule has 1 aromatic heterocycles. The number of pyridine rings is 1. The highest BCUT2D eigenvalue weighted by Crippen LogP contribution is 2.09. The molecule has 0 atom stereocenters. The first kappa shape index (κ1) is 10.3. The van der Waals surface area contributed by atoms with Crippen LogP contribution in [0.2, 0.25) is 0 Å². The lowest BCUT2D eigenvalue weighted by molar-refractivity contribution is 1.18. The summed E-state index contributed by atoms with van der Waals surface area (Å²) in [7, 11) is 0. The van der Waals surface area contributed by atoms with Crippen molar-refractivity contribution in [1.82, 2.24) is 4.98 Å². The first-order valence-electron chi connectivity index (χ1n) is 4.19. The van der Waals surface area contributed by atoms with Gasteiger partial charge in [-0.1, -0.05) is 22.0 Å². The van der Waals surface area contributed by atoms with E-state index in [1.54, 1.807) is 0 Å². The predicted molar refractivity (Wildman–Crippen MR) is 60.8 cm³/mol. The summed E-state index contributed by atoms with van der Waals surface area (Å²) in [5.74, 6) is 0. The van der Waals surface area contributed by atoms with Crippen LogP contribution in [0.15, 0.2) is 18.2 Å². The van der Waals surface area contributed by atoms with E-state index in [1.165, 1.54) is 0 Å². The first-order valence-corrected chi connectivity index (χ1v) is 5.32. The summed E-state index contributed by atoms with van der Waals surface area (Å²) in [4.78, 5) is 4.32. The Morgan fingerprint density at radius 2 is 2.31 bits per heavy atom. The molecule has 0 spiro atoms. The van der Waals surface area contributed by atoms with Gasteiger partial charge in [0.2, 0.25) is 0 Å². The minimum Gasteiger partial charge on any atom is -0.397 e. The van der Waals surface area contributed by atoms with Gasteiger partial charge in [-0.05, 0) is 31.6 Å². The van der Waals surface area contributed by atoms with Gasteiger partial charge in [0.25, 0.3) is 0 Å². The Labute approximate surface area is 87.0 Å². The number of nitrogens with two attached hydrogens (primary N) is 1. The van der Waals surface area contributed by atoms with Crippen molar-refractivity contribution in [3.05, 3.63) is 29.6 Å². The number of hydrogen-bond donors (Lipinski definition) is 1. The van der Waals surface area contributed by atoms with Crippen molar-refractivity contribution in [1.29, 1.82) is 0 Å². The maximum Gasteiger partial charge on any atom is 0.0631 e. The van der Waals surface area contributed by atoms with Gasteiger partial charge in [-0.3, -0.25) is 4.98 Å². The zero-order valence-corrected chi connectivity index (χ0v) is 9.21. The van der Waals surface area contributed by atoms with E-state index >= 15 is 0 Å². The molecular weight excluding hydrogens is 228 g/mol. The van der Waals surface area contributed by atoms with Crippen molar-refractivity contribution in [2.45, 2.75) is 13.3 Å². The molecule has 1 aromatic rings. The molecule has 0 fully saturated rings. The van der Waals surface area contributed by atoms with Crippen LogP contribution in [-0.4, -0.2) is 10.3 Å². The highest BCUT2D eigenvalue weighted by Gasteiger charge is 1.94. The zero-order chi connectivity index (χ0) is 9.68. The van der Waals surface area contributed by atoms with E-state index < -0.39 is 0 Å². The van der Waals surface area contributed by atoms with E-state index in [-0.39, 0.29) is 0 Å². The average Bonchev–Trinajstić information content (AvgIpc) is 2.12. The van der Waals surface area contributed by atoms with Crippen LogP contribution in [0.4, 0.5) is 5.69 Å². The monoisotopic (exact) mass is 240 g/mol. The minimum absolute atomic E-state index is 0.748. The van der Waals surface area contributed by atoms with Gasteiger partial charge in [-0.2, -0.15) is 0 Å². The molecule has 1 heterocycles. The fourth-order valence-corrected chi connectivity index (χ4v) is 1.22. The molecule has 0 bridgehead atoms. The maximum atomic E-state index is 5.65. The molecule has 2 nitrogen and oxygen atoms in total. The SMILES string of the molecule is Cc1nc(C=CCCBr)ccc1N. The van der Waals surface area contributed by atoms with Crippen LogP contribution >= 0.6 is 15.9 Å². The van der Waals surface area contributed by atoms with Gasteiger partial charge in [0.05, 0.1) is 17.1 Å². The topological polar surface area (TPSA) is 38.9 Å². The molecule has 0 saturated heterocycles. The molecule has 0 saturated carbocycles. The van der Waals surface area contributed by atoms with E-state index in [9.17, 15) is 0 Å². The summed E-state index contributed by atoms with van der Waals surface area (Å²) in [6.45, 7) is 1.91. The van der Waals surface area contributed by atoms with Gasteiger partial charge >= 0.3 is 0 Å². The predicted octanol–water partition coefficient (Wildman–Crippen LogP) is 2.77. The standard InChI is InChI=1S/C10H13BrN2/c1-8-10(12)6-5-9(13-8)4-2-3-7-11/h2,4-6H,3,7,12H2,1H3. The van der Waals surface area contributed by atoms with Crippen molar-refractivity contribution in [3.8, 4) is 0 Å². The number of halogens is 1. The molecule has 0 amide bonds. The second-order valence-corrected chi connectivity index (χ2v) is 3.58. The van der Waals surface area contributed by atoms with Crippen LogP contribution in [0.5, 0.6) is 0 Å². The fourth-order valence-electron chi connectivity index (χ4n) is 0.951. The minimum atomic E-state index is 0.748. The number of aromatic nitrogens is 1.